The van der Waals surface area contributed by atoms with Crippen LogP contribution in [0.1, 0.15) is 22.3 Å². The number of rotatable bonds is 6. The molecule has 0 atom stereocenters. The molecule has 0 bridgehead atoms. The highest BCUT2D eigenvalue weighted by Gasteiger charge is 2.09. The molecule has 0 heterocycles. The normalized spacial score (nSPS) is 10.0. The molecule has 0 saturated heterocycles. The van der Waals surface area contributed by atoms with Crippen molar-refractivity contribution in [2.24, 2.45) is 0 Å². The molecule has 100 valence electrons. The maximum atomic E-state index is 12.2. The van der Waals surface area contributed by atoms with Crippen molar-refractivity contribution in [3.63, 3.8) is 0 Å². The van der Waals surface area contributed by atoms with E-state index in [-0.39, 0.29) is 5.78 Å². The van der Waals surface area contributed by atoms with Gasteiger partial charge in [0.2, 0.25) is 0 Å². The van der Waals surface area contributed by atoms with Crippen LogP contribution in [0.15, 0.2) is 61.7 Å². The van der Waals surface area contributed by atoms with Crippen molar-refractivity contribution in [1.29, 1.82) is 0 Å². The molecule has 0 aliphatic rings. The van der Waals surface area contributed by atoms with Crippen molar-refractivity contribution in [2.45, 2.75) is 12.8 Å². The summed E-state index contributed by atoms with van der Waals surface area (Å²) in [4.78, 5) is 12.2. The van der Waals surface area contributed by atoms with Gasteiger partial charge in [-0.25, -0.2) is 0 Å². The molecule has 1 heteroatoms. The number of carbonyl (C=O) groups excluding carboxylic acids is 1. The number of hydrogen-bond acceptors (Lipinski definition) is 1. The second-order valence-electron chi connectivity index (χ2n) is 4.70. The van der Waals surface area contributed by atoms with E-state index in [1.54, 1.807) is 12.2 Å². The fourth-order valence-electron chi connectivity index (χ4n) is 2.28. The van der Waals surface area contributed by atoms with Gasteiger partial charge in [0.25, 0.3) is 0 Å². The Kier molecular flexibility index (Phi) is 4.67. The van der Waals surface area contributed by atoms with E-state index in [9.17, 15) is 4.79 Å². The summed E-state index contributed by atoms with van der Waals surface area (Å²) in [6, 6.07) is 15.7. The number of hydrogen-bond donors (Lipinski definition) is 0. The number of Topliss-reactive ketones (excluding diaryl/α,β-unsaturated/α-hetero) is 1. The molecule has 0 spiro atoms. The van der Waals surface area contributed by atoms with Crippen molar-refractivity contribution in [3.05, 3.63) is 83.9 Å². The molecule has 0 amide bonds. The Morgan fingerprint density at radius 2 is 1.20 bits per heavy atom. The molecule has 2 aromatic carbocycles. The van der Waals surface area contributed by atoms with Gasteiger partial charge >= 0.3 is 0 Å². The minimum atomic E-state index is 0.202. The number of ketones is 1. The van der Waals surface area contributed by atoms with Crippen molar-refractivity contribution in [1.82, 2.24) is 0 Å². The average molecular weight is 262 g/mol. The highest BCUT2D eigenvalue weighted by atomic mass is 16.1. The van der Waals surface area contributed by atoms with Gasteiger partial charge in [0, 0.05) is 12.8 Å². The molecule has 0 aromatic heterocycles. The summed E-state index contributed by atoms with van der Waals surface area (Å²) in [5, 5.41) is 0. The molecule has 2 aromatic rings. The summed E-state index contributed by atoms with van der Waals surface area (Å²) < 4.78 is 0. The van der Waals surface area contributed by atoms with Crippen LogP contribution in [0, 0.1) is 0 Å². The van der Waals surface area contributed by atoms with Crippen LogP contribution in [0.3, 0.4) is 0 Å². The Morgan fingerprint density at radius 3 is 1.60 bits per heavy atom. The fraction of sp³-hybridized carbons (Fsp3) is 0.105. The van der Waals surface area contributed by atoms with E-state index in [0.717, 1.165) is 22.3 Å². The smallest absolute Gasteiger partial charge is 0.141 e. The summed E-state index contributed by atoms with van der Waals surface area (Å²) in [6.45, 7) is 7.57. The first-order valence-electron chi connectivity index (χ1n) is 6.67. The van der Waals surface area contributed by atoms with Crippen LogP contribution >= 0.6 is 0 Å². The highest BCUT2D eigenvalue weighted by Crippen LogP contribution is 2.15. The Bertz CT molecular complexity index is 582. The monoisotopic (exact) mass is 262 g/mol. The van der Waals surface area contributed by atoms with Gasteiger partial charge in [0.05, 0.1) is 0 Å². The molecule has 0 aliphatic heterocycles. The first kappa shape index (κ1) is 14.0. The van der Waals surface area contributed by atoms with Crippen LogP contribution in [-0.2, 0) is 17.6 Å². The predicted octanol–water partition coefficient (Wildman–Crippen LogP) is 4.33. The second kappa shape index (κ2) is 6.67. The Labute approximate surface area is 120 Å². The molecule has 1 nitrogen and oxygen atoms in total. The maximum Gasteiger partial charge on any atom is 0.141 e. The van der Waals surface area contributed by atoms with Crippen molar-refractivity contribution in [2.75, 3.05) is 0 Å². The van der Waals surface area contributed by atoms with Gasteiger partial charge in [0.15, 0.2) is 0 Å². The SMILES string of the molecule is C=Cc1ccccc1CC(=O)Cc1ccccc1C=C. The zero-order valence-electron chi connectivity index (χ0n) is 11.5. The van der Waals surface area contributed by atoms with E-state index in [1.807, 2.05) is 48.5 Å². The quantitative estimate of drug-likeness (QED) is 0.757. The van der Waals surface area contributed by atoms with Crippen molar-refractivity contribution >= 4 is 17.9 Å². The molecular formula is C19H18O. The third kappa shape index (κ3) is 3.33. The lowest BCUT2D eigenvalue weighted by atomic mass is 9.96. The molecule has 0 aliphatic carbocycles. The van der Waals surface area contributed by atoms with Gasteiger partial charge in [-0.1, -0.05) is 73.8 Å². The molecule has 0 N–H and O–H groups in total. The zero-order chi connectivity index (χ0) is 14.4. The van der Waals surface area contributed by atoms with Gasteiger partial charge in [-0.15, -0.1) is 0 Å². The van der Waals surface area contributed by atoms with Gasteiger partial charge in [0.1, 0.15) is 5.78 Å². The molecule has 0 unspecified atom stereocenters. The highest BCUT2D eigenvalue weighted by molar-refractivity contribution is 5.85. The largest absolute Gasteiger partial charge is 0.299 e. The van der Waals surface area contributed by atoms with Crippen LogP contribution in [0.5, 0.6) is 0 Å². The Morgan fingerprint density at radius 1 is 0.800 bits per heavy atom. The fourth-order valence-corrected chi connectivity index (χ4v) is 2.28. The second-order valence-corrected chi connectivity index (χ2v) is 4.70. The molecule has 0 saturated carbocycles. The van der Waals surface area contributed by atoms with Crippen LogP contribution in [0.25, 0.3) is 12.2 Å². The van der Waals surface area contributed by atoms with E-state index < -0.39 is 0 Å². The number of benzene rings is 2. The minimum absolute atomic E-state index is 0.202. The van der Waals surface area contributed by atoms with Crippen molar-refractivity contribution < 1.29 is 4.79 Å². The van der Waals surface area contributed by atoms with E-state index in [2.05, 4.69) is 13.2 Å². The third-order valence-electron chi connectivity index (χ3n) is 3.33. The molecule has 20 heavy (non-hydrogen) atoms. The van der Waals surface area contributed by atoms with E-state index in [1.165, 1.54) is 0 Å². The lowest BCUT2D eigenvalue weighted by Gasteiger charge is -2.07. The third-order valence-corrected chi connectivity index (χ3v) is 3.33. The lowest BCUT2D eigenvalue weighted by molar-refractivity contribution is -0.117. The summed E-state index contributed by atoms with van der Waals surface area (Å²) in [5.74, 6) is 0.202. The lowest BCUT2D eigenvalue weighted by Crippen LogP contribution is -2.08. The minimum Gasteiger partial charge on any atom is -0.299 e. The molecule has 0 fully saturated rings. The van der Waals surface area contributed by atoms with Crippen LogP contribution in [0.4, 0.5) is 0 Å². The van der Waals surface area contributed by atoms with Gasteiger partial charge in [-0.05, 0) is 22.3 Å². The summed E-state index contributed by atoms with van der Waals surface area (Å²) >= 11 is 0. The average Bonchev–Trinajstić information content (AvgIpc) is 2.48. The molecular weight excluding hydrogens is 244 g/mol. The molecule has 2 rings (SSSR count). The topological polar surface area (TPSA) is 17.1 Å². The van der Waals surface area contributed by atoms with Crippen LogP contribution < -0.4 is 0 Å². The Balaban J connectivity index is 2.13. The standard InChI is InChI=1S/C19H18O/c1-3-15-9-5-7-11-17(15)13-19(20)14-18-12-8-6-10-16(18)4-2/h3-12H,1-2,13-14H2. The van der Waals surface area contributed by atoms with E-state index in [0.29, 0.717) is 12.8 Å². The van der Waals surface area contributed by atoms with Crippen LogP contribution in [0.2, 0.25) is 0 Å². The first-order valence-corrected chi connectivity index (χ1v) is 6.67. The van der Waals surface area contributed by atoms with Gasteiger partial charge in [-0.2, -0.15) is 0 Å². The van der Waals surface area contributed by atoms with E-state index in [4.69, 9.17) is 0 Å². The van der Waals surface area contributed by atoms with E-state index >= 15 is 0 Å². The van der Waals surface area contributed by atoms with Gasteiger partial charge in [-0.3, -0.25) is 4.79 Å². The van der Waals surface area contributed by atoms with Crippen LogP contribution in [-0.4, -0.2) is 5.78 Å². The van der Waals surface area contributed by atoms with Crippen molar-refractivity contribution in [3.8, 4) is 0 Å². The summed E-state index contributed by atoms with van der Waals surface area (Å²) in [5.41, 5.74) is 4.11. The number of carbonyl (C=O) groups is 1. The Hall–Kier alpha value is -2.41. The zero-order valence-corrected chi connectivity index (χ0v) is 11.5. The predicted molar refractivity (Wildman–Crippen MR) is 85.5 cm³/mol. The summed E-state index contributed by atoms with van der Waals surface area (Å²) in [6.07, 6.45) is 4.46. The van der Waals surface area contributed by atoms with Gasteiger partial charge < -0.3 is 0 Å². The first-order chi connectivity index (χ1) is 9.74. The summed E-state index contributed by atoms with van der Waals surface area (Å²) in [7, 11) is 0. The molecule has 0 radical (unpaired) electrons. The maximum absolute atomic E-state index is 12.2.